The van der Waals surface area contributed by atoms with E-state index in [1.807, 2.05) is 6.07 Å². The molecule has 0 aromatic carbocycles. The van der Waals surface area contributed by atoms with Crippen LogP contribution in [0.25, 0.3) is 10.3 Å². The first-order chi connectivity index (χ1) is 5.33. The highest BCUT2D eigenvalue weighted by Crippen LogP contribution is 2.29. The van der Waals surface area contributed by atoms with Crippen molar-refractivity contribution in [1.82, 2.24) is 0 Å². The monoisotopic (exact) mass is 166 g/mol. The Hall–Kier alpha value is -0.760. The average molecular weight is 166 g/mol. The van der Waals surface area contributed by atoms with E-state index in [2.05, 4.69) is 19.2 Å². The highest BCUT2D eigenvalue weighted by atomic mass is 32.1. The molecule has 58 valence electrons. The molecule has 1 nitrogen and oxygen atoms in total. The Morgan fingerprint density at radius 1 is 1.55 bits per heavy atom. The minimum absolute atomic E-state index is 0.993. The van der Waals surface area contributed by atoms with Crippen molar-refractivity contribution in [3.63, 3.8) is 0 Å². The van der Waals surface area contributed by atoms with Crippen molar-refractivity contribution in [2.24, 2.45) is 0 Å². The zero-order valence-corrected chi connectivity index (χ0v) is 7.49. The Morgan fingerprint density at radius 3 is 3.00 bits per heavy atom. The van der Waals surface area contributed by atoms with Gasteiger partial charge in [0, 0.05) is 12.0 Å². The average Bonchev–Trinajstić information content (AvgIpc) is 2.53. The minimum atomic E-state index is 0.993. The van der Waals surface area contributed by atoms with Crippen molar-refractivity contribution < 1.29 is 4.42 Å². The molecule has 0 unspecified atom stereocenters. The first kappa shape index (κ1) is 6.92. The predicted molar refractivity (Wildman–Crippen MR) is 48.2 cm³/mol. The molecule has 2 rings (SSSR count). The fraction of sp³-hybridized carbons (Fsp3) is 0.333. The quantitative estimate of drug-likeness (QED) is 0.633. The maximum atomic E-state index is 5.60. The Labute approximate surface area is 69.6 Å². The van der Waals surface area contributed by atoms with Crippen LogP contribution >= 0.6 is 11.3 Å². The Kier molecular flexibility index (Phi) is 1.50. The Balaban J connectivity index is 2.76. The molecule has 0 N–H and O–H groups in total. The summed E-state index contributed by atoms with van der Waals surface area (Å²) in [5.41, 5.74) is 2.36. The molecule has 0 fully saturated rings. The number of hydrogen-bond donors (Lipinski definition) is 0. The van der Waals surface area contributed by atoms with Crippen molar-refractivity contribution in [1.29, 1.82) is 0 Å². The third-order valence-electron chi connectivity index (χ3n) is 1.94. The van der Waals surface area contributed by atoms with Crippen LogP contribution in [0.1, 0.15) is 18.2 Å². The maximum Gasteiger partial charge on any atom is 0.145 e. The summed E-state index contributed by atoms with van der Waals surface area (Å²) in [7, 11) is 0. The molecular formula is C9H10OS. The van der Waals surface area contributed by atoms with Gasteiger partial charge in [0.05, 0.1) is 4.70 Å². The van der Waals surface area contributed by atoms with Crippen molar-refractivity contribution in [3.8, 4) is 0 Å². The second kappa shape index (κ2) is 2.38. The van der Waals surface area contributed by atoms with E-state index in [9.17, 15) is 0 Å². The standard InChI is InChI=1S/C9H10OS/c1-3-7-6(2)9-8(10-7)4-5-11-9/h4-5H,3H2,1-2H3. The van der Waals surface area contributed by atoms with Crippen LogP contribution in [-0.4, -0.2) is 0 Å². The summed E-state index contributed by atoms with van der Waals surface area (Å²) < 4.78 is 6.91. The van der Waals surface area contributed by atoms with E-state index >= 15 is 0 Å². The van der Waals surface area contributed by atoms with Gasteiger partial charge in [-0.1, -0.05) is 6.92 Å². The molecule has 0 aliphatic carbocycles. The molecule has 0 aliphatic rings. The second-order valence-corrected chi connectivity index (χ2v) is 3.53. The zero-order valence-electron chi connectivity index (χ0n) is 6.68. The number of hydrogen-bond acceptors (Lipinski definition) is 2. The minimum Gasteiger partial charge on any atom is -0.460 e. The van der Waals surface area contributed by atoms with Crippen molar-refractivity contribution >= 4 is 21.6 Å². The number of thiophene rings is 1. The lowest BCUT2D eigenvalue weighted by Gasteiger charge is -1.88. The molecule has 2 heteroatoms. The Bertz CT molecular complexity index is 370. The zero-order chi connectivity index (χ0) is 7.84. The first-order valence-corrected chi connectivity index (χ1v) is 4.66. The lowest BCUT2D eigenvalue weighted by atomic mass is 10.2. The van der Waals surface area contributed by atoms with Gasteiger partial charge in [-0.2, -0.15) is 0 Å². The van der Waals surface area contributed by atoms with Crippen molar-refractivity contribution in [2.45, 2.75) is 20.3 Å². The largest absolute Gasteiger partial charge is 0.460 e. The highest BCUT2D eigenvalue weighted by Gasteiger charge is 2.08. The van der Waals surface area contributed by atoms with E-state index in [1.165, 1.54) is 10.3 Å². The number of aryl methyl sites for hydroxylation is 2. The van der Waals surface area contributed by atoms with Crippen LogP contribution in [0.2, 0.25) is 0 Å². The van der Waals surface area contributed by atoms with Crippen LogP contribution in [0.15, 0.2) is 15.9 Å². The van der Waals surface area contributed by atoms with Crippen LogP contribution in [-0.2, 0) is 6.42 Å². The van der Waals surface area contributed by atoms with Gasteiger partial charge < -0.3 is 4.42 Å². The molecule has 2 aromatic rings. The molecule has 0 aliphatic heterocycles. The number of furan rings is 1. The third kappa shape index (κ3) is 0.897. The molecule has 0 atom stereocenters. The van der Waals surface area contributed by atoms with Gasteiger partial charge in [0.15, 0.2) is 0 Å². The summed E-state index contributed by atoms with van der Waals surface area (Å²) in [5.74, 6) is 1.13. The van der Waals surface area contributed by atoms with Gasteiger partial charge >= 0.3 is 0 Å². The van der Waals surface area contributed by atoms with E-state index in [0.717, 1.165) is 17.8 Å². The normalized spacial score (nSPS) is 11.1. The smallest absolute Gasteiger partial charge is 0.145 e. The van der Waals surface area contributed by atoms with E-state index in [0.29, 0.717) is 0 Å². The number of rotatable bonds is 1. The van der Waals surface area contributed by atoms with Gasteiger partial charge in [-0.05, 0) is 18.4 Å². The molecule has 2 heterocycles. The molecule has 0 saturated carbocycles. The fourth-order valence-corrected chi connectivity index (χ4v) is 2.17. The van der Waals surface area contributed by atoms with Crippen LogP contribution < -0.4 is 0 Å². The first-order valence-electron chi connectivity index (χ1n) is 3.78. The topological polar surface area (TPSA) is 13.1 Å². The summed E-state index contributed by atoms with van der Waals surface area (Å²) in [4.78, 5) is 0. The predicted octanol–water partition coefficient (Wildman–Crippen LogP) is 3.37. The van der Waals surface area contributed by atoms with Crippen molar-refractivity contribution in [2.75, 3.05) is 0 Å². The third-order valence-corrected chi connectivity index (χ3v) is 2.96. The molecule has 0 amide bonds. The van der Waals surface area contributed by atoms with Crippen LogP contribution in [0, 0.1) is 6.92 Å². The van der Waals surface area contributed by atoms with Crippen molar-refractivity contribution in [3.05, 3.63) is 22.8 Å². The van der Waals surface area contributed by atoms with Gasteiger partial charge in [0.2, 0.25) is 0 Å². The van der Waals surface area contributed by atoms with Gasteiger partial charge in [0.1, 0.15) is 11.3 Å². The summed E-state index contributed by atoms with van der Waals surface area (Å²) in [6, 6.07) is 2.03. The molecular weight excluding hydrogens is 156 g/mol. The summed E-state index contributed by atoms with van der Waals surface area (Å²) in [5, 5.41) is 2.07. The highest BCUT2D eigenvalue weighted by molar-refractivity contribution is 7.17. The van der Waals surface area contributed by atoms with E-state index in [1.54, 1.807) is 11.3 Å². The second-order valence-electron chi connectivity index (χ2n) is 2.62. The molecule has 0 saturated heterocycles. The Morgan fingerprint density at radius 2 is 2.36 bits per heavy atom. The van der Waals surface area contributed by atoms with Gasteiger partial charge in [-0.3, -0.25) is 0 Å². The van der Waals surface area contributed by atoms with Crippen LogP contribution in [0.4, 0.5) is 0 Å². The molecule has 0 radical (unpaired) electrons. The molecule has 11 heavy (non-hydrogen) atoms. The van der Waals surface area contributed by atoms with Crippen LogP contribution in [0.5, 0.6) is 0 Å². The van der Waals surface area contributed by atoms with E-state index < -0.39 is 0 Å². The van der Waals surface area contributed by atoms with Gasteiger partial charge in [-0.15, -0.1) is 11.3 Å². The SMILES string of the molecule is CCc1oc2ccsc2c1C. The summed E-state index contributed by atoms with van der Waals surface area (Å²) in [6.45, 7) is 4.25. The lowest BCUT2D eigenvalue weighted by Crippen LogP contribution is -1.76. The summed E-state index contributed by atoms with van der Waals surface area (Å²) in [6.07, 6.45) is 0.993. The van der Waals surface area contributed by atoms with Gasteiger partial charge in [-0.25, -0.2) is 0 Å². The van der Waals surface area contributed by atoms with E-state index in [4.69, 9.17) is 4.42 Å². The molecule has 0 bridgehead atoms. The maximum absolute atomic E-state index is 5.60. The number of fused-ring (bicyclic) bond motifs is 1. The lowest BCUT2D eigenvalue weighted by molar-refractivity contribution is 0.553. The molecule has 2 aromatic heterocycles. The van der Waals surface area contributed by atoms with E-state index in [-0.39, 0.29) is 0 Å². The fourth-order valence-electron chi connectivity index (χ4n) is 1.32. The summed E-state index contributed by atoms with van der Waals surface area (Å²) >= 11 is 1.76. The molecule has 0 spiro atoms. The van der Waals surface area contributed by atoms with Gasteiger partial charge in [0.25, 0.3) is 0 Å². The van der Waals surface area contributed by atoms with Crippen LogP contribution in [0.3, 0.4) is 0 Å².